The summed E-state index contributed by atoms with van der Waals surface area (Å²) in [6.07, 6.45) is 6.22. The molecule has 5 nitrogen and oxygen atoms in total. The molecule has 0 aromatic carbocycles. The van der Waals surface area contributed by atoms with Gasteiger partial charge in [0.1, 0.15) is 12.7 Å². The summed E-state index contributed by atoms with van der Waals surface area (Å²) in [6, 6.07) is 0. The van der Waals surface area contributed by atoms with Crippen molar-refractivity contribution in [3.05, 3.63) is 23.8 Å². The molecule has 6 atom stereocenters. The van der Waals surface area contributed by atoms with E-state index in [0.29, 0.717) is 11.5 Å². The van der Waals surface area contributed by atoms with Crippen LogP contribution in [0.5, 0.6) is 0 Å². The van der Waals surface area contributed by atoms with Crippen LogP contribution in [0, 0.1) is 22.7 Å². The van der Waals surface area contributed by atoms with Gasteiger partial charge < -0.3 is 19.3 Å². The number of aliphatic hydroxyl groups excluding tert-OH is 1. The van der Waals surface area contributed by atoms with Crippen LogP contribution in [0.25, 0.3) is 0 Å². The molecular formula is C23H34O5. The van der Waals surface area contributed by atoms with E-state index in [0.717, 1.165) is 38.7 Å². The first kappa shape index (κ1) is 20.1. The zero-order valence-electron chi connectivity index (χ0n) is 17.6. The van der Waals surface area contributed by atoms with Crippen LogP contribution >= 0.6 is 0 Å². The maximum Gasteiger partial charge on any atom is 0.336 e. The molecule has 4 aliphatic rings. The van der Waals surface area contributed by atoms with Crippen molar-refractivity contribution in [3.8, 4) is 0 Å². The lowest BCUT2D eigenvalue weighted by molar-refractivity contribution is -0.344. The summed E-state index contributed by atoms with van der Waals surface area (Å²) in [5, 5.41) is 10.0. The third kappa shape index (κ3) is 3.06. The average molecular weight is 391 g/mol. The van der Waals surface area contributed by atoms with E-state index < -0.39 is 11.9 Å². The van der Waals surface area contributed by atoms with Crippen LogP contribution in [0.4, 0.5) is 0 Å². The summed E-state index contributed by atoms with van der Waals surface area (Å²) in [5.74, 6) is -0.141. The van der Waals surface area contributed by atoms with Gasteiger partial charge in [0.2, 0.25) is 0 Å². The molecule has 156 valence electrons. The molecule has 0 bridgehead atoms. The SMILES string of the molecule is C=C1CCC2C3(C)COC(C)(C)OC3CCC2(C)C1C/C=C1/C(=O)OCC1O. The first-order valence-electron chi connectivity index (χ1n) is 10.6. The highest BCUT2D eigenvalue weighted by Crippen LogP contribution is 2.63. The van der Waals surface area contributed by atoms with Gasteiger partial charge in [-0.05, 0) is 63.2 Å². The van der Waals surface area contributed by atoms with Crippen molar-refractivity contribution in [2.45, 2.75) is 77.8 Å². The highest BCUT2D eigenvalue weighted by molar-refractivity contribution is 5.91. The fourth-order valence-electron chi connectivity index (χ4n) is 6.43. The van der Waals surface area contributed by atoms with E-state index in [1.165, 1.54) is 5.57 Å². The zero-order valence-corrected chi connectivity index (χ0v) is 17.6. The lowest BCUT2D eigenvalue weighted by Crippen LogP contribution is -2.62. The van der Waals surface area contributed by atoms with Crippen LogP contribution < -0.4 is 0 Å². The summed E-state index contributed by atoms with van der Waals surface area (Å²) < 4.78 is 17.4. The van der Waals surface area contributed by atoms with E-state index in [4.69, 9.17) is 14.2 Å². The Bertz CT molecular complexity index is 710. The summed E-state index contributed by atoms with van der Waals surface area (Å²) in [5.41, 5.74) is 1.74. The molecule has 4 rings (SSSR count). The van der Waals surface area contributed by atoms with E-state index in [-0.39, 0.29) is 35.4 Å². The van der Waals surface area contributed by atoms with Gasteiger partial charge >= 0.3 is 5.97 Å². The molecule has 5 heteroatoms. The third-order valence-electron chi connectivity index (χ3n) is 8.01. The molecule has 0 spiro atoms. The lowest BCUT2D eigenvalue weighted by atomic mass is 9.46. The minimum absolute atomic E-state index is 0.0135. The molecule has 2 saturated carbocycles. The van der Waals surface area contributed by atoms with Gasteiger partial charge in [0.05, 0.1) is 18.3 Å². The summed E-state index contributed by atoms with van der Waals surface area (Å²) >= 11 is 0. The summed E-state index contributed by atoms with van der Waals surface area (Å²) in [7, 11) is 0. The van der Waals surface area contributed by atoms with Crippen molar-refractivity contribution in [1.82, 2.24) is 0 Å². The Kier molecular flexibility index (Phi) is 4.80. The summed E-state index contributed by atoms with van der Waals surface area (Å²) in [4.78, 5) is 11.9. The van der Waals surface area contributed by atoms with Gasteiger partial charge in [0.25, 0.3) is 0 Å². The fraction of sp³-hybridized carbons (Fsp3) is 0.783. The minimum Gasteiger partial charge on any atom is -0.459 e. The Morgan fingerprint density at radius 3 is 2.64 bits per heavy atom. The van der Waals surface area contributed by atoms with Crippen LogP contribution in [0.15, 0.2) is 23.8 Å². The molecule has 2 aliphatic carbocycles. The Labute approximate surface area is 168 Å². The number of ether oxygens (including phenoxy) is 3. The molecule has 0 amide bonds. The number of esters is 1. The van der Waals surface area contributed by atoms with Crippen molar-refractivity contribution >= 4 is 5.97 Å². The van der Waals surface area contributed by atoms with Crippen molar-refractivity contribution in [3.63, 3.8) is 0 Å². The van der Waals surface area contributed by atoms with Gasteiger partial charge in [0.15, 0.2) is 5.79 Å². The maximum atomic E-state index is 11.9. The molecular weight excluding hydrogens is 356 g/mol. The van der Waals surface area contributed by atoms with Crippen LogP contribution in [-0.2, 0) is 19.0 Å². The number of aliphatic hydroxyl groups is 1. The Morgan fingerprint density at radius 1 is 1.21 bits per heavy atom. The first-order chi connectivity index (χ1) is 13.1. The van der Waals surface area contributed by atoms with Crippen molar-refractivity contribution in [2.75, 3.05) is 13.2 Å². The number of cyclic esters (lactones) is 1. The number of allylic oxidation sites excluding steroid dienone is 2. The molecule has 2 heterocycles. The number of carbonyl (C=O) groups excluding carboxylic acids is 1. The molecule has 6 unspecified atom stereocenters. The zero-order chi connectivity index (χ0) is 20.3. The molecule has 28 heavy (non-hydrogen) atoms. The molecule has 0 aromatic rings. The number of hydrogen-bond acceptors (Lipinski definition) is 5. The van der Waals surface area contributed by atoms with Crippen molar-refractivity contribution < 1.29 is 24.1 Å². The monoisotopic (exact) mass is 390 g/mol. The lowest BCUT2D eigenvalue weighted by Gasteiger charge is -2.63. The van der Waals surface area contributed by atoms with Gasteiger partial charge in [0, 0.05) is 5.41 Å². The Hall–Kier alpha value is -1.17. The van der Waals surface area contributed by atoms with E-state index in [2.05, 4.69) is 20.4 Å². The van der Waals surface area contributed by atoms with Crippen molar-refractivity contribution in [2.24, 2.45) is 22.7 Å². The number of rotatable bonds is 2. The first-order valence-corrected chi connectivity index (χ1v) is 10.6. The van der Waals surface area contributed by atoms with Gasteiger partial charge in [-0.25, -0.2) is 4.79 Å². The minimum atomic E-state index is -0.802. The van der Waals surface area contributed by atoms with Crippen LogP contribution in [-0.4, -0.2) is 42.3 Å². The maximum absolute atomic E-state index is 11.9. The second-order valence-electron chi connectivity index (χ2n) is 10.2. The topological polar surface area (TPSA) is 65.0 Å². The second kappa shape index (κ2) is 6.68. The largest absolute Gasteiger partial charge is 0.459 e. The quantitative estimate of drug-likeness (QED) is 0.442. The number of hydrogen-bond donors (Lipinski definition) is 1. The predicted octanol–water partition coefficient (Wildman–Crippen LogP) is 3.76. The highest BCUT2D eigenvalue weighted by Gasteiger charge is 2.60. The van der Waals surface area contributed by atoms with Crippen LogP contribution in [0.1, 0.15) is 59.8 Å². The normalized spacial score (nSPS) is 46.8. The molecule has 4 fully saturated rings. The van der Waals surface area contributed by atoms with E-state index in [1.807, 2.05) is 19.9 Å². The van der Waals surface area contributed by atoms with E-state index in [9.17, 15) is 9.90 Å². The molecule has 2 saturated heterocycles. The van der Waals surface area contributed by atoms with Gasteiger partial charge in [-0.1, -0.05) is 32.1 Å². The van der Waals surface area contributed by atoms with Gasteiger partial charge in [-0.15, -0.1) is 0 Å². The molecule has 1 N–H and O–H groups in total. The van der Waals surface area contributed by atoms with Crippen LogP contribution in [0.2, 0.25) is 0 Å². The highest BCUT2D eigenvalue weighted by atomic mass is 16.7. The Morgan fingerprint density at radius 2 is 1.96 bits per heavy atom. The smallest absolute Gasteiger partial charge is 0.336 e. The standard InChI is InChI=1S/C23H34O5/c1-14-6-9-18-22(4,16(14)8-7-15-17(24)12-26-20(15)25)11-10-19-23(18,5)13-27-21(2,3)28-19/h7,16-19,24H,1,6,8-13H2,2-5H3/b15-7+. The van der Waals surface area contributed by atoms with Crippen molar-refractivity contribution in [1.29, 1.82) is 0 Å². The summed E-state index contributed by atoms with van der Waals surface area (Å²) in [6.45, 7) is 13.9. The number of carbonyl (C=O) groups is 1. The predicted molar refractivity (Wildman–Crippen MR) is 105 cm³/mol. The molecule has 0 radical (unpaired) electrons. The molecule has 0 aromatic heterocycles. The average Bonchev–Trinajstić information content (AvgIpc) is 2.93. The third-order valence-corrected chi connectivity index (χ3v) is 8.01. The fourth-order valence-corrected chi connectivity index (χ4v) is 6.43. The van der Waals surface area contributed by atoms with Gasteiger partial charge in [-0.3, -0.25) is 0 Å². The Balaban J connectivity index is 1.61. The van der Waals surface area contributed by atoms with E-state index >= 15 is 0 Å². The molecule has 2 aliphatic heterocycles. The van der Waals surface area contributed by atoms with Crippen LogP contribution in [0.3, 0.4) is 0 Å². The van der Waals surface area contributed by atoms with Gasteiger partial charge in [-0.2, -0.15) is 0 Å². The number of fused-ring (bicyclic) bond motifs is 3. The second-order valence-corrected chi connectivity index (χ2v) is 10.2. The van der Waals surface area contributed by atoms with E-state index in [1.54, 1.807) is 0 Å².